The van der Waals surface area contributed by atoms with E-state index in [-0.39, 0.29) is 5.92 Å². The number of fused-ring (bicyclic) bond motifs is 5. The molecule has 4 heterocycles. The lowest BCUT2D eigenvalue weighted by Gasteiger charge is -2.72. The molecule has 8 aliphatic rings. The molecule has 462 valence electrons. The number of hydrogen-bond acceptors (Lipinski definition) is 24. The van der Waals surface area contributed by atoms with Crippen molar-refractivity contribution in [3.63, 3.8) is 0 Å². The van der Waals surface area contributed by atoms with Gasteiger partial charge in [0.05, 0.1) is 43.2 Å². The highest BCUT2D eigenvalue weighted by atomic mass is 16.8. The van der Waals surface area contributed by atoms with E-state index in [0.717, 1.165) is 5.57 Å². The van der Waals surface area contributed by atoms with Crippen molar-refractivity contribution in [2.24, 2.45) is 45.3 Å². The number of aliphatic hydroxyl groups excluding tert-OH is 14. The topological polar surface area (TPSA) is 383 Å². The first-order valence-electron chi connectivity index (χ1n) is 28.7. The first-order chi connectivity index (χ1) is 37.3. The van der Waals surface area contributed by atoms with E-state index in [2.05, 4.69) is 20.8 Å². The first kappa shape index (κ1) is 64.3. The van der Waals surface area contributed by atoms with E-state index in [1.165, 1.54) is 13.8 Å². The molecule has 8 fully saturated rings. The number of esters is 1. The second-order valence-electron chi connectivity index (χ2n) is 26.5. The molecule has 0 aromatic carbocycles. The highest BCUT2D eigenvalue weighted by Gasteiger charge is 2.74. The van der Waals surface area contributed by atoms with Crippen molar-refractivity contribution < 1.29 is 119 Å². The number of allylic oxidation sites excluding steroid dienone is 2. The molecule has 80 heavy (non-hydrogen) atoms. The number of rotatable bonds is 16. The van der Waals surface area contributed by atoms with Gasteiger partial charge in [0.2, 0.25) is 0 Å². The van der Waals surface area contributed by atoms with Crippen LogP contribution in [0.25, 0.3) is 0 Å². The van der Waals surface area contributed by atoms with Crippen LogP contribution in [0.3, 0.4) is 0 Å². The van der Waals surface area contributed by atoms with Crippen molar-refractivity contribution in [3.05, 3.63) is 11.6 Å². The molecule has 24 nitrogen and oxygen atoms in total. The maximum absolute atomic E-state index is 13.0. The van der Waals surface area contributed by atoms with E-state index in [1.807, 2.05) is 40.7 Å². The highest BCUT2D eigenvalue weighted by molar-refractivity contribution is 5.65. The van der Waals surface area contributed by atoms with Gasteiger partial charge in [-0.2, -0.15) is 0 Å². The van der Waals surface area contributed by atoms with Crippen LogP contribution in [-0.2, 0) is 47.4 Å². The smallest absolute Gasteiger partial charge is 0.302 e. The lowest BCUT2D eigenvalue weighted by atomic mass is 9.34. The van der Waals surface area contributed by atoms with Crippen LogP contribution >= 0.6 is 0 Å². The number of hydrogen-bond donors (Lipinski definition) is 14. The molecule has 4 aliphatic carbocycles. The quantitative estimate of drug-likeness (QED) is 0.0468. The molecule has 4 aliphatic heterocycles. The van der Waals surface area contributed by atoms with E-state index in [4.69, 9.17) is 42.6 Å². The van der Waals surface area contributed by atoms with E-state index >= 15 is 0 Å². The van der Waals surface area contributed by atoms with E-state index < -0.39 is 212 Å². The molecule has 0 amide bonds. The zero-order valence-corrected chi connectivity index (χ0v) is 47.8. The fraction of sp³-hybridized carbons (Fsp3) is 0.946. The Bertz CT molecular complexity index is 2130. The zero-order valence-electron chi connectivity index (χ0n) is 47.8. The second kappa shape index (κ2) is 24.2. The summed E-state index contributed by atoms with van der Waals surface area (Å²) >= 11 is 0. The van der Waals surface area contributed by atoms with Gasteiger partial charge < -0.3 is 114 Å². The predicted octanol–water partition coefficient (Wildman–Crippen LogP) is -1.63. The number of carbonyl (C=O) groups excluding carboxylic acids is 1. The first-order valence-corrected chi connectivity index (χ1v) is 28.7. The third kappa shape index (κ3) is 11.5. The van der Waals surface area contributed by atoms with Gasteiger partial charge >= 0.3 is 5.97 Å². The van der Waals surface area contributed by atoms with Crippen molar-refractivity contribution in [1.82, 2.24) is 0 Å². The highest BCUT2D eigenvalue weighted by Crippen LogP contribution is 2.76. The molecule has 0 aromatic rings. The number of carbonyl (C=O) groups is 1. The molecular weight excluding hydrogens is 1060 g/mol. The molecule has 31 atom stereocenters. The van der Waals surface area contributed by atoms with Crippen molar-refractivity contribution in [2.75, 3.05) is 19.8 Å². The minimum Gasteiger partial charge on any atom is -0.463 e. The van der Waals surface area contributed by atoms with Crippen molar-refractivity contribution in [1.29, 1.82) is 0 Å². The molecule has 0 spiro atoms. The Morgan fingerprint density at radius 3 is 1.85 bits per heavy atom. The van der Waals surface area contributed by atoms with Crippen LogP contribution < -0.4 is 0 Å². The largest absolute Gasteiger partial charge is 0.463 e. The van der Waals surface area contributed by atoms with Crippen molar-refractivity contribution in [3.8, 4) is 0 Å². The van der Waals surface area contributed by atoms with Crippen LogP contribution in [0.2, 0.25) is 0 Å². The summed E-state index contributed by atoms with van der Waals surface area (Å²) in [7, 11) is 0. The minimum absolute atomic E-state index is 0.173. The van der Waals surface area contributed by atoms with Gasteiger partial charge in [-0.3, -0.25) is 4.79 Å². The minimum atomic E-state index is -1.82. The normalized spacial score (nSPS) is 52.0. The summed E-state index contributed by atoms with van der Waals surface area (Å²) in [4.78, 5) is 12.1. The van der Waals surface area contributed by atoms with Crippen LogP contribution in [0, 0.1) is 45.3 Å². The van der Waals surface area contributed by atoms with Gasteiger partial charge in [0.25, 0.3) is 0 Å². The van der Waals surface area contributed by atoms with Crippen LogP contribution in [0.15, 0.2) is 11.6 Å². The summed E-state index contributed by atoms with van der Waals surface area (Å²) in [6, 6.07) is 0. The van der Waals surface area contributed by atoms with Crippen LogP contribution in [0.1, 0.15) is 121 Å². The summed E-state index contributed by atoms with van der Waals surface area (Å²) in [5, 5.41) is 156. The van der Waals surface area contributed by atoms with Gasteiger partial charge in [-0.25, -0.2) is 0 Å². The molecule has 8 rings (SSSR count). The van der Waals surface area contributed by atoms with Crippen LogP contribution in [-0.4, -0.2) is 244 Å². The monoisotopic (exact) mass is 1150 g/mol. The molecule has 14 N–H and O–H groups in total. The molecule has 0 radical (unpaired) electrons. The Morgan fingerprint density at radius 2 is 1.21 bits per heavy atom. The number of ether oxygens (including phenoxy) is 9. The van der Waals surface area contributed by atoms with Crippen molar-refractivity contribution in [2.45, 2.75) is 267 Å². The Morgan fingerprint density at radius 1 is 0.637 bits per heavy atom. The second-order valence-corrected chi connectivity index (χ2v) is 26.5. The van der Waals surface area contributed by atoms with E-state index in [0.29, 0.717) is 51.4 Å². The molecular formula is C56H94O24. The maximum atomic E-state index is 13.0. The third-order valence-electron chi connectivity index (χ3n) is 21.0. The lowest BCUT2D eigenvalue weighted by Crippen LogP contribution is -2.71. The summed E-state index contributed by atoms with van der Waals surface area (Å²) < 4.78 is 55.5. The van der Waals surface area contributed by atoms with E-state index in [9.17, 15) is 76.3 Å². The van der Waals surface area contributed by atoms with Gasteiger partial charge in [-0.05, 0) is 124 Å². The fourth-order valence-corrected chi connectivity index (χ4v) is 16.4. The summed E-state index contributed by atoms with van der Waals surface area (Å²) in [5.74, 6) is -2.21. The fourth-order valence-electron chi connectivity index (χ4n) is 16.4. The standard InChI is InChI=1S/C56H94O24/c1-23(2)12-11-15-56(10,80-50-45(71)41(67)37(63)31(77-50)22-73-48-43(69)40(66)36(62)29(20-57)76-48)26-13-17-54(8)34(26)27(59)18-32-53(7)16-14-33(60)52(5,6)47(53)28(19-55(32,54)9)75-51-46(42(68)38(64)30(78-51)21-72-25(4)58)79-49-44(70)39(65)35(61)24(3)74-49/h12,24,26-51,57,59-71H,11,13-22H2,1-10H3/t24-,26-,27+,28-,29+,30+,31+,32+,33-,34-,35-,36+,37+,38+,39+,40-,41-,42-,43+,44+,45+,46+,47+,48-,49+,50+,51-,53+,54+,55+,56-/m0/s1. The summed E-state index contributed by atoms with van der Waals surface area (Å²) in [6.07, 6.45) is -28.9. The average Bonchev–Trinajstić information content (AvgIpc) is 3.75. The Labute approximate surface area is 467 Å². The number of aliphatic hydroxyl groups is 14. The van der Waals surface area contributed by atoms with Gasteiger partial charge in [0.15, 0.2) is 25.2 Å². The molecule has 4 saturated carbocycles. The van der Waals surface area contributed by atoms with Gasteiger partial charge in [-0.1, -0.05) is 46.3 Å². The maximum Gasteiger partial charge on any atom is 0.302 e. The zero-order chi connectivity index (χ0) is 59.1. The predicted molar refractivity (Wildman–Crippen MR) is 276 cm³/mol. The van der Waals surface area contributed by atoms with E-state index in [1.54, 1.807) is 0 Å². The van der Waals surface area contributed by atoms with Crippen LogP contribution in [0.5, 0.6) is 0 Å². The molecule has 4 saturated heterocycles. The molecule has 0 bridgehead atoms. The Hall–Kier alpha value is -1.67. The lowest BCUT2D eigenvalue weighted by molar-refractivity contribution is -0.382. The van der Waals surface area contributed by atoms with Gasteiger partial charge in [0, 0.05) is 6.92 Å². The Balaban J connectivity index is 1.13. The summed E-state index contributed by atoms with van der Waals surface area (Å²) in [5.41, 5.74) is -3.03. The third-order valence-corrected chi connectivity index (χ3v) is 21.0. The van der Waals surface area contributed by atoms with Gasteiger partial charge in [0.1, 0.15) is 98.2 Å². The van der Waals surface area contributed by atoms with Gasteiger partial charge in [-0.15, -0.1) is 0 Å². The van der Waals surface area contributed by atoms with Crippen LogP contribution in [0.4, 0.5) is 0 Å². The molecule has 0 aromatic heterocycles. The Kier molecular flexibility index (Phi) is 19.5. The SMILES string of the molecule is CC(=O)OC[C@H]1O[C@H](O[C@H]2C[C@]3(C)[C@H](C[C@@H](O)[C@@H]4[C@@H]([C@](C)(CCC=C(C)C)O[C@H]5O[C@H](CO[C@H]6O[C@H](CO)[C@@H](O)[C@H](O)[C@H]6O)[C@@H](O)[C@H](O)[C@H]5O)CC[C@]43C)[C@@]3(C)CC[C@H](O)C(C)(C)[C@@H]23)[C@H](O[C@H]2O[C@@H](C)[C@H](O)[C@@H](O)[C@H]2O)[C@@H](O)[C@@H]1O. The molecule has 0 unspecified atom stereocenters. The van der Waals surface area contributed by atoms with Crippen molar-refractivity contribution >= 4 is 5.97 Å². The summed E-state index contributed by atoms with van der Waals surface area (Å²) in [6.45, 7) is 17.2. The molecule has 24 heteroatoms. The average molecular weight is 1150 g/mol.